The number of hydrogen-bond donors (Lipinski definition) is 1. The smallest absolute Gasteiger partial charge is 0.321 e. The minimum absolute atomic E-state index is 0.166. The lowest BCUT2D eigenvalue weighted by Crippen LogP contribution is -2.39. The molecule has 2 aromatic rings. The number of nitrogens with zero attached hydrogens (tertiary/aromatic N) is 2. The molecular formula is C14H14BrN3O5S. The second-order valence-corrected chi connectivity index (χ2v) is 7.96. The van der Waals surface area contributed by atoms with Gasteiger partial charge in [-0.3, -0.25) is 4.79 Å². The largest absolute Gasteiger partial charge is 0.480 e. The predicted octanol–water partition coefficient (Wildman–Crippen LogP) is 1.31. The lowest BCUT2D eigenvalue weighted by atomic mass is 10.3. The molecule has 1 aromatic carbocycles. The van der Waals surface area contributed by atoms with Gasteiger partial charge in [-0.15, -0.1) is 0 Å². The van der Waals surface area contributed by atoms with Gasteiger partial charge in [-0.1, -0.05) is 0 Å². The maximum absolute atomic E-state index is 11.3. The first-order valence-corrected chi connectivity index (χ1v) is 9.47. The molecule has 1 unspecified atom stereocenters. The molecule has 0 aliphatic carbocycles. The van der Waals surface area contributed by atoms with Crippen LogP contribution in [0.3, 0.4) is 0 Å². The average Bonchev–Trinajstić information content (AvgIpc) is 2.49. The van der Waals surface area contributed by atoms with E-state index >= 15 is 0 Å². The summed E-state index contributed by atoms with van der Waals surface area (Å²) in [6.45, 7) is 0. The molecule has 10 heteroatoms. The van der Waals surface area contributed by atoms with Crippen molar-refractivity contribution in [2.45, 2.75) is 6.10 Å². The van der Waals surface area contributed by atoms with E-state index in [0.717, 1.165) is 10.7 Å². The summed E-state index contributed by atoms with van der Waals surface area (Å²) in [6, 6.07) is 6.34. The molecular weight excluding hydrogens is 402 g/mol. The summed E-state index contributed by atoms with van der Waals surface area (Å²) in [7, 11) is -3.41. The van der Waals surface area contributed by atoms with Gasteiger partial charge in [0.1, 0.15) is 11.5 Å². The number of rotatable bonds is 7. The van der Waals surface area contributed by atoms with Crippen molar-refractivity contribution in [3.05, 3.63) is 41.1 Å². The van der Waals surface area contributed by atoms with Crippen LogP contribution in [-0.4, -0.2) is 42.4 Å². The minimum Gasteiger partial charge on any atom is -0.480 e. The van der Waals surface area contributed by atoms with Gasteiger partial charge in [0.2, 0.25) is 0 Å². The molecule has 2 N–H and O–H groups in total. The van der Waals surface area contributed by atoms with E-state index in [1.807, 2.05) is 0 Å². The summed E-state index contributed by atoms with van der Waals surface area (Å²) in [6.07, 6.45) is 2.83. The molecule has 24 heavy (non-hydrogen) atoms. The van der Waals surface area contributed by atoms with E-state index in [9.17, 15) is 13.2 Å². The first-order chi connectivity index (χ1) is 11.2. The molecule has 1 aromatic heterocycles. The van der Waals surface area contributed by atoms with Crippen LogP contribution >= 0.6 is 15.9 Å². The Labute approximate surface area is 147 Å². The average molecular weight is 416 g/mol. The Kier molecular flexibility index (Phi) is 5.73. The number of aromatic nitrogens is 2. The zero-order chi connectivity index (χ0) is 17.7. The Bertz CT molecular complexity index is 809. The van der Waals surface area contributed by atoms with E-state index in [1.54, 1.807) is 24.5 Å². The summed E-state index contributed by atoms with van der Waals surface area (Å²) in [5, 5.41) is 0. The van der Waals surface area contributed by atoms with Crippen LogP contribution in [0.15, 0.2) is 41.1 Å². The van der Waals surface area contributed by atoms with E-state index in [2.05, 4.69) is 25.9 Å². The highest BCUT2D eigenvalue weighted by atomic mass is 79.9. The molecule has 0 radical (unpaired) electrons. The van der Waals surface area contributed by atoms with Crippen molar-refractivity contribution < 1.29 is 22.7 Å². The van der Waals surface area contributed by atoms with Gasteiger partial charge in [-0.25, -0.2) is 18.4 Å². The van der Waals surface area contributed by atoms with Crippen molar-refractivity contribution in [2.24, 2.45) is 5.73 Å². The normalized spacial score (nSPS) is 12.4. The Morgan fingerprint density at radius 3 is 2.25 bits per heavy atom. The van der Waals surface area contributed by atoms with Crippen LogP contribution < -0.4 is 15.2 Å². The third kappa shape index (κ3) is 5.78. The van der Waals surface area contributed by atoms with Crippen molar-refractivity contribution in [3.63, 3.8) is 0 Å². The molecule has 0 spiro atoms. The van der Waals surface area contributed by atoms with Crippen molar-refractivity contribution in [2.75, 3.05) is 12.0 Å². The highest BCUT2D eigenvalue weighted by Crippen LogP contribution is 2.22. The van der Waals surface area contributed by atoms with Crippen LogP contribution in [0.4, 0.5) is 0 Å². The van der Waals surface area contributed by atoms with Gasteiger partial charge >= 0.3 is 6.01 Å². The summed E-state index contributed by atoms with van der Waals surface area (Å²) >= 11 is 3.22. The molecule has 128 valence electrons. The quantitative estimate of drug-likeness (QED) is 0.722. The number of hydrogen-bond acceptors (Lipinski definition) is 7. The van der Waals surface area contributed by atoms with Crippen LogP contribution in [0.5, 0.6) is 17.5 Å². The molecule has 1 heterocycles. The van der Waals surface area contributed by atoms with Crippen molar-refractivity contribution in [3.8, 4) is 17.5 Å². The van der Waals surface area contributed by atoms with E-state index in [1.165, 1.54) is 12.1 Å². The number of carbonyl (C=O) groups excluding carboxylic acids is 1. The summed E-state index contributed by atoms with van der Waals surface area (Å²) in [5.74, 6) is -0.619. The van der Waals surface area contributed by atoms with Crippen LogP contribution in [0.2, 0.25) is 0 Å². The van der Waals surface area contributed by atoms with Gasteiger partial charge in [-0.05, 0) is 40.2 Å². The van der Waals surface area contributed by atoms with Crippen molar-refractivity contribution in [1.82, 2.24) is 9.97 Å². The van der Waals surface area contributed by atoms with Gasteiger partial charge in [0.05, 0.1) is 10.2 Å². The number of carbonyl (C=O) groups is 1. The lowest BCUT2D eigenvalue weighted by Gasteiger charge is -2.15. The Morgan fingerprint density at radius 1 is 1.21 bits per heavy atom. The van der Waals surface area contributed by atoms with Gasteiger partial charge in [0.15, 0.2) is 15.9 Å². The van der Waals surface area contributed by atoms with Gasteiger partial charge in [0, 0.05) is 18.6 Å². The Morgan fingerprint density at radius 2 is 1.75 bits per heavy atom. The fraction of sp³-hybridized carbons (Fsp3) is 0.214. The third-order valence-corrected chi connectivity index (χ3v) is 4.00. The fourth-order valence-electron chi connectivity index (χ4n) is 1.66. The van der Waals surface area contributed by atoms with Gasteiger partial charge < -0.3 is 15.2 Å². The van der Waals surface area contributed by atoms with E-state index < -0.39 is 27.6 Å². The standard InChI is InChI=1S/C14H14BrN3O5S/c1-24(20,21)8-12(13(16)19)22-10-2-4-11(5-3-10)23-14-17-6-9(15)7-18-14/h2-7,12H,8H2,1H3,(H2,16,19). The van der Waals surface area contributed by atoms with E-state index in [-0.39, 0.29) is 11.8 Å². The molecule has 0 aliphatic rings. The first kappa shape index (κ1) is 18.1. The van der Waals surface area contributed by atoms with Crippen LogP contribution in [-0.2, 0) is 14.6 Å². The number of halogens is 1. The number of sulfone groups is 1. The van der Waals surface area contributed by atoms with Crippen LogP contribution in [0.25, 0.3) is 0 Å². The highest BCUT2D eigenvalue weighted by Gasteiger charge is 2.22. The molecule has 2 rings (SSSR count). The molecule has 1 amide bonds. The van der Waals surface area contributed by atoms with Gasteiger partial charge in [0.25, 0.3) is 5.91 Å². The van der Waals surface area contributed by atoms with E-state index in [4.69, 9.17) is 15.2 Å². The second kappa shape index (κ2) is 7.58. The first-order valence-electron chi connectivity index (χ1n) is 6.62. The van der Waals surface area contributed by atoms with Gasteiger partial charge in [-0.2, -0.15) is 0 Å². The number of benzene rings is 1. The molecule has 0 saturated heterocycles. The van der Waals surface area contributed by atoms with Crippen molar-refractivity contribution >= 4 is 31.7 Å². The second-order valence-electron chi connectivity index (χ2n) is 4.86. The minimum atomic E-state index is -3.41. The van der Waals surface area contributed by atoms with E-state index in [0.29, 0.717) is 5.75 Å². The van der Waals surface area contributed by atoms with Crippen molar-refractivity contribution in [1.29, 1.82) is 0 Å². The molecule has 0 saturated carbocycles. The molecule has 1 atom stereocenters. The zero-order valence-electron chi connectivity index (χ0n) is 12.5. The number of ether oxygens (including phenoxy) is 2. The Hall–Kier alpha value is -2.20. The SMILES string of the molecule is CS(=O)(=O)CC(Oc1ccc(Oc2ncc(Br)cn2)cc1)C(N)=O. The molecule has 0 fully saturated rings. The third-order valence-electron chi connectivity index (χ3n) is 2.68. The number of primary amides is 1. The highest BCUT2D eigenvalue weighted by molar-refractivity contribution is 9.10. The summed E-state index contributed by atoms with van der Waals surface area (Å²) in [4.78, 5) is 19.2. The molecule has 0 bridgehead atoms. The zero-order valence-corrected chi connectivity index (χ0v) is 15.0. The summed E-state index contributed by atoms with van der Waals surface area (Å²) < 4.78 is 34.1. The maximum atomic E-state index is 11.3. The Balaban J connectivity index is 2.05. The summed E-state index contributed by atoms with van der Waals surface area (Å²) in [5.41, 5.74) is 5.16. The monoisotopic (exact) mass is 415 g/mol. The predicted molar refractivity (Wildman–Crippen MR) is 89.6 cm³/mol. The topological polar surface area (TPSA) is 121 Å². The maximum Gasteiger partial charge on any atom is 0.321 e. The molecule has 8 nitrogen and oxygen atoms in total. The molecule has 0 aliphatic heterocycles. The lowest BCUT2D eigenvalue weighted by molar-refractivity contribution is -0.123. The number of nitrogens with two attached hydrogens (primary N) is 1. The fourth-order valence-corrected chi connectivity index (χ4v) is 2.65. The van der Waals surface area contributed by atoms with Crippen LogP contribution in [0, 0.1) is 0 Å². The number of amides is 1. The van der Waals surface area contributed by atoms with Crippen LogP contribution in [0.1, 0.15) is 0 Å².